The molecule has 4 heteroatoms. The molecule has 21 heavy (non-hydrogen) atoms. The van der Waals surface area contributed by atoms with Crippen LogP contribution in [0.15, 0.2) is 46.9 Å². The van der Waals surface area contributed by atoms with E-state index in [0.717, 1.165) is 23.4 Å². The Morgan fingerprint density at radius 3 is 2.62 bits per heavy atom. The van der Waals surface area contributed by atoms with E-state index >= 15 is 0 Å². The summed E-state index contributed by atoms with van der Waals surface area (Å²) in [5.74, 6) is -0.446. The van der Waals surface area contributed by atoms with Crippen molar-refractivity contribution in [3.05, 3.63) is 69.7 Å². The second kappa shape index (κ2) is 6.24. The quantitative estimate of drug-likeness (QED) is 0.836. The van der Waals surface area contributed by atoms with Gasteiger partial charge in [-0.2, -0.15) is 0 Å². The summed E-state index contributed by atoms with van der Waals surface area (Å²) in [6.07, 6.45) is 2.11. The van der Waals surface area contributed by atoms with E-state index in [1.165, 1.54) is 17.7 Å². The lowest BCUT2D eigenvalue weighted by Crippen LogP contribution is -2.39. The predicted octanol–water partition coefficient (Wildman–Crippen LogP) is 4.76. The van der Waals surface area contributed by atoms with E-state index in [0.29, 0.717) is 24.1 Å². The van der Waals surface area contributed by atoms with Gasteiger partial charge in [-0.3, -0.25) is 0 Å². The third-order valence-electron chi connectivity index (χ3n) is 4.05. The Labute approximate surface area is 131 Å². The van der Waals surface area contributed by atoms with Crippen molar-refractivity contribution < 1.29 is 8.78 Å². The lowest BCUT2D eigenvalue weighted by molar-refractivity contribution is 0.288. The van der Waals surface area contributed by atoms with E-state index in [-0.39, 0.29) is 0 Å². The van der Waals surface area contributed by atoms with Gasteiger partial charge in [0.2, 0.25) is 0 Å². The molecule has 3 rings (SSSR count). The molecular weight excluding hydrogens is 336 g/mol. The molecule has 0 spiro atoms. The third kappa shape index (κ3) is 3.50. The molecule has 0 saturated heterocycles. The average molecular weight is 352 g/mol. The smallest absolute Gasteiger partial charge is 0.130 e. The molecule has 1 saturated carbocycles. The standard InChI is InChI=1S/C17H16BrF2N/c18-14-3-1-2-11(6-14)13-7-16(8-13)21-10-12-4-5-15(19)9-17(12)20/h1-6,9,13,16,21H,7-8,10H2. The van der Waals surface area contributed by atoms with Crippen molar-refractivity contribution in [2.75, 3.05) is 0 Å². The molecule has 0 bridgehead atoms. The summed E-state index contributed by atoms with van der Waals surface area (Å²) in [7, 11) is 0. The first-order valence-corrected chi connectivity index (χ1v) is 7.84. The van der Waals surface area contributed by atoms with Gasteiger partial charge >= 0.3 is 0 Å². The van der Waals surface area contributed by atoms with Crippen LogP contribution < -0.4 is 5.32 Å². The number of hydrogen-bond donors (Lipinski definition) is 1. The minimum atomic E-state index is -0.533. The molecule has 0 aromatic heterocycles. The zero-order chi connectivity index (χ0) is 14.8. The van der Waals surface area contributed by atoms with Crippen LogP contribution in [-0.2, 0) is 6.54 Å². The van der Waals surface area contributed by atoms with E-state index in [9.17, 15) is 8.78 Å². The van der Waals surface area contributed by atoms with E-state index < -0.39 is 11.6 Å². The molecule has 0 aliphatic heterocycles. The van der Waals surface area contributed by atoms with Crippen molar-refractivity contribution in [3.63, 3.8) is 0 Å². The van der Waals surface area contributed by atoms with Crippen LogP contribution in [0.2, 0.25) is 0 Å². The van der Waals surface area contributed by atoms with Crippen LogP contribution >= 0.6 is 15.9 Å². The topological polar surface area (TPSA) is 12.0 Å². The fourth-order valence-corrected chi connectivity index (χ4v) is 3.15. The number of nitrogens with one attached hydrogen (secondary N) is 1. The molecule has 0 unspecified atom stereocenters. The van der Waals surface area contributed by atoms with Crippen LogP contribution in [0.25, 0.3) is 0 Å². The number of rotatable bonds is 4. The summed E-state index contributed by atoms with van der Waals surface area (Å²) in [4.78, 5) is 0. The van der Waals surface area contributed by atoms with Gasteiger partial charge in [0.15, 0.2) is 0 Å². The maximum absolute atomic E-state index is 13.5. The maximum atomic E-state index is 13.5. The highest BCUT2D eigenvalue weighted by Gasteiger charge is 2.29. The number of hydrogen-bond acceptors (Lipinski definition) is 1. The van der Waals surface area contributed by atoms with Crippen molar-refractivity contribution >= 4 is 15.9 Å². The van der Waals surface area contributed by atoms with Gasteiger partial charge in [-0.25, -0.2) is 8.78 Å². The molecule has 2 aromatic rings. The van der Waals surface area contributed by atoms with Crippen molar-refractivity contribution in [1.29, 1.82) is 0 Å². The summed E-state index contributed by atoms with van der Waals surface area (Å²) in [6, 6.07) is 12.5. The Kier molecular flexibility index (Phi) is 4.36. The zero-order valence-corrected chi connectivity index (χ0v) is 13.0. The van der Waals surface area contributed by atoms with Gasteiger partial charge in [0, 0.05) is 28.7 Å². The molecule has 0 atom stereocenters. The largest absolute Gasteiger partial charge is 0.310 e. The fraction of sp³-hybridized carbons (Fsp3) is 0.294. The highest BCUT2D eigenvalue weighted by atomic mass is 79.9. The molecule has 0 heterocycles. The summed E-state index contributed by atoms with van der Waals surface area (Å²) in [5.41, 5.74) is 1.86. The highest BCUT2D eigenvalue weighted by molar-refractivity contribution is 9.10. The second-order valence-corrected chi connectivity index (χ2v) is 6.45. The van der Waals surface area contributed by atoms with Gasteiger partial charge in [0.05, 0.1) is 0 Å². The Hall–Kier alpha value is -1.26. The number of benzene rings is 2. The Morgan fingerprint density at radius 2 is 1.90 bits per heavy atom. The van der Waals surface area contributed by atoms with Crippen molar-refractivity contribution in [2.24, 2.45) is 0 Å². The second-order valence-electron chi connectivity index (χ2n) is 5.54. The average Bonchev–Trinajstić information content (AvgIpc) is 2.39. The maximum Gasteiger partial charge on any atom is 0.130 e. The Balaban J connectivity index is 1.51. The van der Waals surface area contributed by atoms with E-state index in [1.54, 1.807) is 0 Å². The highest BCUT2D eigenvalue weighted by Crippen LogP contribution is 2.37. The van der Waals surface area contributed by atoms with Crippen LogP contribution in [0.1, 0.15) is 29.9 Å². The van der Waals surface area contributed by atoms with Gasteiger partial charge < -0.3 is 5.32 Å². The van der Waals surface area contributed by atoms with Gasteiger partial charge in [-0.15, -0.1) is 0 Å². The van der Waals surface area contributed by atoms with Gasteiger partial charge in [0.25, 0.3) is 0 Å². The summed E-state index contributed by atoms with van der Waals surface area (Å²) in [6.45, 7) is 0.446. The van der Waals surface area contributed by atoms with E-state index in [4.69, 9.17) is 0 Å². The first-order chi connectivity index (χ1) is 10.1. The third-order valence-corrected chi connectivity index (χ3v) is 4.55. The Bertz CT molecular complexity index is 638. The van der Waals surface area contributed by atoms with Crippen molar-refractivity contribution in [2.45, 2.75) is 31.3 Å². The van der Waals surface area contributed by atoms with E-state index in [2.05, 4.69) is 33.4 Å². The normalized spacial score (nSPS) is 21.1. The summed E-state index contributed by atoms with van der Waals surface area (Å²) in [5, 5.41) is 3.34. The molecule has 0 radical (unpaired) electrons. The number of halogens is 3. The van der Waals surface area contributed by atoms with Crippen LogP contribution in [0, 0.1) is 11.6 Å². The lowest BCUT2D eigenvalue weighted by atomic mass is 9.76. The van der Waals surface area contributed by atoms with Crippen LogP contribution in [0.5, 0.6) is 0 Å². The van der Waals surface area contributed by atoms with E-state index in [1.807, 2.05) is 12.1 Å². The first-order valence-electron chi connectivity index (χ1n) is 7.04. The predicted molar refractivity (Wildman–Crippen MR) is 83.1 cm³/mol. The monoisotopic (exact) mass is 351 g/mol. The van der Waals surface area contributed by atoms with Crippen LogP contribution in [-0.4, -0.2) is 6.04 Å². The molecular formula is C17H16BrF2N. The summed E-state index contributed by atoms with van der Waals surface area (Å²) >= 11 is 3.49. The first kappa shape index (κ1) is 14.7. The van der Waals surface area contributed by atoms with Crippen molar-refractivity contribution in [1.82, 2.24) is 5.32 Å². The van der Waals surface area contributed by atoms with Crippen LogP contribution in [0.4, 0.5) is 8.78 Å². The molecule has 1 nitrogen and oxygen atoms in total. The molecule has 1 aliphatic rings. The molecule has 1 aliphatic carbocycles. The van der Waals surface area contributed by atoms with Crippen molar-refractivity contribution in [3.8, 4) is 0 Å². The van der Waals surface area contributed by atoms with Gasteiger partial charge in [0.1, 0.15) is 11.6 Å². The lowest BCUT2D eigenvalue weighted by Gasteiger charge is -2.36. The minimum absolute atomic E-state index is 0.401. The molecule has 1 N–H and O–H groups in total. The van der Waals surface area contributed by atoms with Gasteiger partial charge in [-0.05, 0) is 42.5 Å². The molecule has 110 valence electrons. The van der Waals surface area contributed by atoms with Crippen LogP contribution in [0.3, 0.4) is 0 Å². The van der Waals surface area contributed by atoms with Gasteiger partial charge in [-0.1, -0.05) is 34.1 Å². The minimum Gasteiger partial charge on any atom is -0.310 e. The zero-order valence-electron chi connectivity index (χ0n) is 11.5. The molecule has 0 amide bonds. The SMILES string of the molecule is Fc1ccc(CNC2CC(c3cccc(Br)c3)C2)c(F)c1. The fourth-order valence-electron chi connectivity index (χ4n) is 2.74. The Morgan fingerprint density at radius 1 is 1.10 bits per heavy atom. The summed E-state index contributed by atoms with van der Waals surface area (Å²) < 4.78 is 27.5. The molecule has 2 aromatic carbocycles. The molecule has 1 fully saturated rings.